The summed E-state index contributed by atoms with van der Waals surface area (Å²) in [7, 11) is 0. The highest BCUT2D eigenvalue weighted by Gasteiger charge is 2.00. The van der Waals surface area contributed by atoms with E-state index in [-0.39, 0.29) is 5.97 Å². The van der Waals surface area contributed by atoms with Crippen molar-refractivity contribution in [1.82, 2.24) is 0 Å². The van der Waals surface area contributed by atoms with E-state index >= 15 is 0 Å². The molecule has 0 bridgehead atoms. The molecule has 13 heavy (non-hydrogen) atoms. The number of carbonyl (C=O) groups excluding carboxylic acids is 1. The maximum Gasteiger partial charge on any atom is 0.305 e. The molecule has 0 saturated heterocycles. The Morgan fingerprint density at radius 2 is 1.69 bits per heavy atom. The van der Waals surface area contributed by atoms with Crippen LogP contribution < -0.4 is 0 Å². The van der Waals surface area contributed by atoms with Gasteiger partial charge in [0.15, 0.2) is 0 Å². The molecule has 0 aromatic carbocycles. The average molecular weight is 222 g/mol. The second kappa shape index (κ2) is 10.3. The predicted octanol–water partition coefficient (Wildman–Crippen LogP) is 2.34. The fraction of sp³-hybridized carbons (Fsp3) is 0.889. The molecule has 0 N–H and O–H groups in total. The van der Waals surface area contributed by atoms with E-state index in [0.29, 0.717) is 13.0 Å². The van der Waals surface area contributed by atoms with Crippen molar-refractivity contribution in [3.05, 3.63) is 0 Å². The molecule has 0 aliphatic rings. The molecule has 0 aliphatic carbocycles. The zero-order valence-electron chi connectivity index (χ0n) is 7.87. The monoisotopic (exact) mass is 222 g/mol. The lowest BCUT2D eigenvalue weighted by Gasteiger charge is -2.02. The summed E-state index contributed by atoms with van der Waals surface area (Å²) in [5.74, 6) is 1.59. The van der Waals surface area contributed by atoms with Crippen LogP contribution in [0.3, 0.4) is 0 Å². The molecule has 0 radical (unpaired) electrons. The summed E-state index contributed by atoms with van der Waals surface area (Å²) in [5.41, 5.74) is 0. The van der Waals surface area contributed by atoms with E-state index in [1.165, 1.54) is 0 Å². The Labute approximate surface area is 91.2 Å². The van der Waals surface area contributed by atoms with Crippen LogP contribution in [0.15, 0.2) is 0 Å². The van der Waals surface area contributed by atoms with E-state index in [2.05, 4.69) is 25.3 Å². The maximum absolute atomic E-state index is 11.0. The first-order valence-corrected chi connectivity index (χ1v) is 5.95. The van der Waals surface area contributed by atoms with Gasteiger partial charge in [0.05, 0.1) is 6.61 Å². The Hall–Kier alpha value is 0.170. The van der Waals surface area contributed by atoms with Crippen LogP contribution in [-0.4, -0.2) is 24.1 Å². The zero-order chi connectivity index (χ0) is 9.94. The smallest absolute Gasteiger partial charge is 0.305 e. The molecule has 0 atom stereocenters. The van der Waals surface area contributed by atoms with Crippen molar-refractivity contribution in [3.63, 3.8) is 0 Å². The van der Waals surface area contributed by atoms with Gasteiger partial charge in [-0.2, -0.15) is 25.3 Å². The van der Waals surface area contributed by atoms with Crippen molar-refractivity contribution in [2.45, 2.75) is 32.1 Å². The van der Waals surface area contributed by atoms with Crippen molar-refractivity contribution >= 4 is 31.2 Å². The van der Waals surface area contributed by atoms with Gasteiger partial charge in [-0.15, -0.1) is 0 Å². The van der Waals surface area contributed by atoms with Gasteiger partial charge in [-0.05, 0) is 30.8 Å². The van der Waals surface area contributed by atoms with Crippen molar-refractivity contribution in [3.8, 4) is 0 Å². The first-order valence-electron chi connectivity index (χ1n) is 4.68. The Morgan fingerprint density at radius 3 is 2.31 bits per heavy atom. The standard InChI is InChI=1S/C9H18O2S2/c10-9(11-6-4-8-13)5-2-1-3-7-12/h12-13H,1-8H2. The molecular formula is C9H18O2S2. The van der Waals surface area contributed by atoms with Gasteiger partial charge in [-0.3, -0.25) is 4.79 Å². The molecule has 0 aliphatic heterocycles. The average Bonchev–Trinajstić information content (AvgIpc) is 2.13. The maximum atomic E-state index is 11.0. The van der Waals surface area contributed by atoms with Crippen LogP contribution in [0.4, 0.5) is 0 Å². The van der Waals surface area contributed by atoms with Crippen LogP contribution in [0.2, 0.25) is 0 Å². The van der Waals surface area contributed by atoms with E-state index in [1.807, 2.05) is 0 Å². The molecule has 0 aromatic rings. The summed E-state index contributed by atoms with van der Waals surface area (Å²) >= 11 is 8.11. The van der Waals surface area contributed by atoms with Gasteiger partial charge in [0, 0.05) is 6.42 Å². The Morgan fingerprint density at radius 1 is 1.00 bits per heavy atom. The molecule has 0 unspecified atom stereocenters. The summed E-state index contributed by atoms with van der Waals surface area (Å²) in [6, 6.07) is 0. The molecule has 0 saturated carbocycles. The Kier molecular flexibility index (Phi) is 10.4. The first kappa shape index (κ1) is 13.2. The fourth-order valence-corrected chi connectivity index (χ4v) is 1.23. The van der Waals surface area contributed by atoms with Gasteiger partial charge in [0.2, 0.25) is 0 Å². The van der Waals surface area contributed by atoms with Crippen LogP contribution in [0, 0.1) is 0 Å². The Balaban J connectivity index is 3.11. The van der Waals surface area contributed by atoms with Gasteiger partial charge >= 0.3 is 5.97 Å². The van der Waals surface area contributed by atoms with Crippen LogP contribution in [0.25, 0.3) is 0 Å². The lowest BCUT2D eigenvalue weighted by molar-refractivity contribution is -0.143. The minimum absolute atomic E-state index is 0.0825. The fourth-order valence-electron chi connectivity index (χ4n) is 0.881. The number of esters is 1. The van der Waals surface area contributed by atoms with Crippen molar-refractivity contribution in [2.24, 2.45) is 0 Å². The third-order valence-corrected chi connectivity index (χ3v) is 2.24. The second-order valence-electron chi connectivity index (χ2n) is 2.83. The van der Waals surface area contributed by atoms with E-state index in [0.717, 1.165) is 37.2 Å². The minimum Gasteiger partial charge on any atom is -0.466 e. The van der Waals surface area contributed by atoms with E-state index < -0.39 is 0 Å². The van der Waals surface area contributed by atoms with Crippen LogP contribution >= 0.6 is 25.3 Å². The third kappa shape index (κ3) is 10.1. The highest BCUT2D eigenvalue weighted by Crippen LogP contribution is 2.02. The minimum atomic E-state index is -0.0825. The summed E-state index contributed by atoms with van der Waals surface area (Å²) in [6.07, 6.45) is 4.43. The van der Waals surface area contributed by atoms with Gasteiger partial charge < -0.3 is 4.74 Å². The number of carbonyl (C=O) groups is 1. The van der Waals surface area contributed by atoms with E-state index in [4.69, 9.17) is 4.74 Å². The van der Waals surface area contributed by atoms with Crippen LogP contribution in [0.5, 0.6) is 0 Å². The van der Waals surface area contributed by atoms with Crippen molar-refractivity contribution in [2.75, 3.05) is 18.1 Å². The highest BCUT2D eigenvalue weighted by molar-refractivity contribution is 7.80. The highest BCUT2D eigenvalue weighted by atomic mass is 32.1. The molecule has 0 fully saturated rings. The van der Waals surface area contributed by atoms with Gasteiger partial charge in [-0.1, -0.05) is 6.42 Å². The summed E-state index contributed by atoms with van der Waals surface area (Å²) in [5, 5.41) is 0. The third-order valence-electron chi connectivity index (χ3n) is 1.60. The lowest BCUT2D eigenvalue weighted by Crippen LogP contribution is -2.05. The van der Waals surface area contributed by atoms with Gasteiger partial charge in [0.25, 0.3) is 0 Å². The number of rotatable bonds is 8. The van der Waals surface area contributed by atoms with E-state index in [1.54, 1.807) is 0 Å². The van der Waals surface area contributed by atoms with Gasteiger partial charge in [-0.25, -0.2) is 0 Å². The summed E-state index contributed by atoms with van der Waals surface area (Å²) in [6.45, 7) is 0.509. The molecule has 0 heterocycles. The first-order chi connectivity index (χ1) is 6.31. The largest absolute Gasteiger partial charge is 0.466 e. The number of hydrogen-bond donors (Lipinski definition) is 2. The molecule has 78 valence electrons. The Bertz CT molecular complexity index is 129. The molecule has 2 nitrogen and oxygen atoms in total. The molecule has 0 spiro atoms. The normalized spacial score (nSPS) is 10.0. The van der Waals surface area contributed by atoms with Crippen LogP contribution in [0.1, 0.15) is 32.1 Å². The van der Waals surface area contributed by atoms with Gasteiger partial charge in [0.1, 0.15) is 0 Å². The molecule has 0 amide bonds. The number of ether oxygens (including phenoxy) is 1. The van der Waals surface area contributed by atoms with Crippen LogP contribution in [-0.2, 0) is 9.53 Å². The SMILES string of the molecule is O=C(CCCCCS)OCCCS. The summed E-state index contributed by atoms with van der Waals surface area (Å²) in [4.78, 5) is 11.0. The lowest BCUT2D eigenvalue weighted by atomic mass is 10.2. The molecular weight excluding hydrogens is 204 g/mol. The molecule has 0 rings (SSSR count). The number of unbranched alkanes of at least 4 members (excludes halogenated alkanes) is 2. The quantitative estimate of drug-likeness (QED) is 0.374. The number of thiol groups is 2. The second-order valence-corrected chi connectivity index (χ2v) is 3.73. The summed E-state index contributed by atoms with van der Waals surface area (Å²) < 4.78 is 4.96. The zero-order valence-corrected chi connectivity index (χ0v) is 9.66. The number of hydrogen-bond acceptors (Lipinski definition) is 4. The molecule has 4 heteroatoms. The predicted molar refractivity (Wildman–Crippen MR) is 61.8 cm³/mol. The molecule has 0 aromatic heterocycles. The topological polar surface area (TPSA) is 26.3 Å². The van der Waals surface area contributed by atoms with Crippen molar-refractivity contribution in [1.29, 1.82) is 0 Å². The van der Waals surface area contributed by atoms with E-state index in [9.17, 15) is 4.79 Å². The van der Waals surface area contributed by atoms with Crippen molar-refractivity contribution < 1.29 is 9.53 Å².